The second kappa shape index (κ2) is 4.99. The third kappa shape index (κ3) is 4.12. The third-order valence-corrected chi connectivity index (χ3v) is 1.65. The molecule has 0 heterocycles. The fourth-order valence-corrected chi connectivity index (χ4v) is 0.955. The first kappa shape index (κ1) is 11.0. The van der Waals surface area contributed by atoms with Crippen LogP contribution in [0.3, 0.4) is 0 Å². The van der Waals surface area contributed by atoms with Crippen molar-refractivity contribution in [2.75, 3.05) is 11.9 Å². The zero-order valence-corrected chi connectivity index (χ0v) is 8.28. The molecule has 5 nitrogen and oxygen atoms in total. The number of carbonyl (C=O) groups excluding carboxylic acids is 2. The Morgan fingerprint density at radius 2 is 1.87 bits per heavy atom. The molecular weight excluding hydrogens is 196 g/mol. The van der Waals surface area contributed by atoms with E-state index < -0.39 is 0 Å². The van der Waals surface area contributed by atoms with Gasteiger partial charge in [-0.25, -0.2) is 0 Å². The molecule has 0 saturated carbocycles. The molecule has 0 unspecified atom stereocenters. The van der Waals surface area contributed by atoms with Crippen LogP contribution in [0.1, 0.15) is 6.92 Å². The van der Waals surface area contributed by atoms with Gasteiger partial charge in [0.25, 0.3) is 0 Å². The first-order valence-corrected chi connectivity index (χ1v) is 4.41. The van der Waals surface area contributed by atoms with Gasteiger partial charge in [0.1, 0.15) is 5.75 Å². The molecule has 5 heteroatoms. The highest BCUT2D eigenvalue weighted by Crippen LogP contribution is 2.13. The van der Waals surface area contributed by atoms with E-state index in [-0.39, 0.29) is 24.1 Å². The van der Waals surface area contributed by atoms with Gasteiger partial charge in [-0.2, -0.15) is 0 Å². The average molecular weight is 208 g/mol. The van der Waals surface area contributed by atoms with Crippen LogP contribution < -0.4 is 10.6 Å². The summed E-state index contributed by atoms with van der Waals surface area (Å²) in [5.74, 6) is -0.429. The second-order valence-corrected chi connectivity index (χ2v) is 3.00. The Kier molecular flexibility index (Phi) is 3.68. The topological polar surface area (TPSA) is 78.4 Å². The maximum atomic E-state index is 11.2. The van der Waals surface area contributed by atoms with Crippen LogP contribution in [0.2, 0.25) is 0 Å². The lowest BCUT2D eigenvalue weighted by molar-refractivity contribution is -0.122. The lowest BCUT2D eigenvalue weighted by Gasteiger charge is -2.05. The van der Waals surface area contributed by atoms with E-state index in [1.807, 2.05) is 0 Å². The SMILES string of the molecule is CC(=O)NCC(=O)Nc1ccc(O)cc1. The van der Waals surface area contributed by atoms with Crippen molar-refractivity contribution in [1.29, 1.82) is 0 Å². The molecule has 3 N–H and O–H groups in total. The number of carbonyl (C=O) groups is 2. The molecule has 2 amide bonds. The maximum absolute atomic E-state index is 11.2. The normalized spacial score (nSPS) is 9.40. The molecule has 80 valence electrons. The summed E-state index contributed by atoms with van der Waals surface area (Å²) in [5, 5.41) is 13.9. The Morgan fingerprint density at radius 3 is 2.40 bits per heavy atom. The van der Waals surface area contributed by atoms with Crippen LogP contribution in [0.4, 0.5) is 5.69 Å². The first-order chi connectivity index (χ1) is 7.08. The van der Waals surface area contributed by atoms with Crippen molar-refractivity contribution < 1.29 is 14.7 Å². The number of amides is 2. The van der Waals surface area contributed by atoms with E-state index in [1.165, 1.54) is 19.1 Å². The molecule has 0 fully saturated rings. The van der Waals surface area contributed by atoms with Crippen LogP contribution >= 0.6 is 0 Å². The largest absolute Gasteiger partial charge is 0.508 e. The summed E-state index contributed by atoms with van der Waals surface area (Å²) in [6.45, 7) is 1.28. The van der Waals surface area contributed by atoms with Gasteiger partial charge in [-0.15, -0.1) is 0 Å². The van der Waals surface area contributed by atoms with Gasteiger partial charge in [0.2, 0.25) is 11.8 Å². The molecular formula is C10H12N2O3. The molecule has 0 saturated heterocycles. The number of phenols is 1. The van der Waals surface area contributed by atoms with Crippen LogP contribution in [-0.4, -0.2) is 23.5 Å². The molecule has 0 radical (unpaired) electrons. The van der Waals surface area contributed by atoms with E-state index in [2.05, 4.69) is 10.6 Å². The van der Waals surface area contributed by atoms with Gasteiger partial charge in [-0.3, -0.25) is 9.59 Å². The van der Waals surface area contributed by atoms with Crippen LogP contribution in [0.5, 0.6) is 5.75 Å². The number of aromatic hydroxyl groups is 1. The number of hydrogen-bond donors (Lipinski definition) is 3. The Labute approximate surface area is 87.1 Å². The van der Waals surface area contributed by atoms with E-state index in [0.29, 0.717) is 5.69 Å². The van der Waals surface area contributed by atoms with Crippen molar-refractivity contribution in [3.8, 4) is 5.75 Å². The fraction of sp³-hybridized carbons (Fsp3) is 0.200. The molecule has 1 aromatic carbocycles. The Bertz CT molecular complexity index is 359. The maximum Gasteiger partial charge on any atom is 0.243 e. The predicted octanol–water partition coefficient (Wildman–Crippen LogP) is 0.467. The van der Waals surface area contributed by atoms with Crippen LogP contribution in [0.25, 0.3) is 0 Å². The Hall–Kier alpha value is -2.04. The third-order valence-electron chi connectivity index (χ3n) is 1.65. The van der Waals surface area contributed by atoms with Crippen molar-refractivity contribution in [3.63, 3.8) is 0 Å². The highest BCUT2D eigenvalue weighted by molar-refractivity contribution is 5.94. The van der Waals surface area contributed by atoms with E-state index >= 15 is 0 Å². The van der Waals surface area contributed by atoms with Crippen LogP contribution in [0, 0.1) is 0 Å². The van der Waals surface area contributed by atoms with Gasteiger partial charge in [0, 0.05) is 12.6 Å². The van der Waals surface area contributed by atoms with Crippen molar-refractivity contribution in [2.24, 2.45) is 0 Å². The molecule has 0 atom stereocenters. The molecule has 0 spiro atoms. The fourth-order valence-electron chi connectivity index (χ4n) is 0.955. The van der Waals surface area contributed by atoms with Gasteiger partial charge in [0.15, 0.2) is 0 Å². The summed E-state index contributed by atoms with van der Waals surface area (Å²) in [6.07, 6.45) is 0. The average Bonchev–Trinajstić information content (AvgIpc) is 2.19. The molecule has 15 heavy (non-hydrogen) atoms. The lowest BCUT2D eigenvalue weighted by Crippen LogP contribution is -2.31. The molecule has 1 aromatic rings. The standard InChI is InChI=1S/C10H12N2O3/c1-7(13)11-6-10(15)12-8-2-4-9(14)5-3-8/h2-5,14H,6H2,1H3,(H,11,13)(H,12,15). The summed E-state index contributed by atoms with van der Waals surface area (Å²) in [4.78, 5) is 21.7. The Balaban J connectivity index is 2.44. The quantitative estimate of drug-likeness (QED) is 0.632. The highest BCUT2D eigenvalue weighted by Gasteiger charge is 2.02. The molecule has 0 aromatic heterocycles. The zero-order chi connectivity index (χ0) is 11.3. The van der Waals surface area contributed by atoms with E-state index in [1.54, 1.807) is 12.1 Å². The monoisotopic (exact) mass is 208 g/mol. The molecule has 0 aliphatic heterocycles. The summed E-state index contributed by atoms with van der Waals surface area (Å²) in [6, 6.07) is 6.07. The van der Waals surface area contributed by atoms with E-state index in [0.717, 1.165) is 0 Å². The summed E-state index contributed by atoms with van der Waals surface area (Å²) in [5.41, 5.74) is 0.572. The zero-order valence-electron chi connectivity index (χ0n) is 8.28. The molecule has 0 aliphatic carbocycles. The van der Waals surface area contributed by atoms with Crippen LogP contribution in [-0.2, 0) is 9.59 Å². The number of nitrogens with one attached hydrogen (secondary N) is 2. The van der Waals surface area contributed by atoms with Gasteiger partial charge >= 0.3 is 0 Å². The Morgan fingerprint density at radius 1 is 1.27 bits per heavy atom. The minimum atomic E-state index is -0.309. The molecule has 1 rings (SSSR count). The van der Waals surface area contributed by atoms with E-state index in [9.17, 15) is 9.59 Å². The van der Waals surface area contributed by atoms with Gasteiger partial charge in [-0.1, -0.05) is 0 Å². The van der Waals surface area contributed by atoms with Crippen molar-refractivity contribution in [2.45, 2.75) is 6.92 Å². The lowest BCUT2D eigenvalue weighted by atomic mass is 10.3. The van der Waals surface area contributed by atoms with Crippen molar-refractivity contribution in [3.05, 3.63) is 24.3 Å². The van der Waals surface area contributed by atoms with Gasteiger partial charge < -0.3 is 15.7 Å². The summed E-state index contributed by atoms with van der Waals surface area (Å²) < 4.78 is 0. The summed E-state index contributed by atoms with van der Waals surface area (Å²) in [7, 11) is 0. The number of anilines is 1. The van der Waals surface area contributed by atoms with Crippen molar-refractivity contribution >= 4 is 17.5 Å². The highest BCUT2D eigenvalue weighted by atomic mass is 16.3. The minimum absolute atomic E-state index is 0.0593. The smallest absolute Gasteiger partial charge is 0.243 e. The predicted molar refractivity (Wildman–Crippen MR) is 55.4 cm³/mol. The van der Waals surface area contributed by atoms with Gasteiger partial charge in [0.05, 0.1) is 6.54 Å². The molecule has 0 aliphatic rings. The number of benzene rings is 1. The van der Waals surface area contributed by atoms with Crippen LogP contribution in [0.15, 0.2) is 24.3 Å². The van der Waals surface area contributed by atoms with Gasteiger partial charge in [-0.05, 0) is 24.3 Å². The van der Waals surface area contributed by atoms with Crippen molar-refractivity contribution in [1.82, 2.24) is 5.32 Å². The van der Waals surface area contributed by atoms with E-state index in [4.69, 9.17) is 5.11 Å². The first-order valence-electron chi connectivity index (χ1n) is 4.41. The second-order valence-electron chi connectivity index (χ2n) is 3.00. The minimum Gasteiger partial charge on any atom is -0.508 e. The number of phenolic OH excluding ortho intramolecular Hbond substituents is 1. The number of hydrogen-bond acceptors (Lipinski definition) is 3. The number of rotatable bonds is 3. The summed E-state index contributed by atoms with van der Waals surface area (Å²) >= 11 is 0. The molecule has 0 bridgehead atoms.